The van der Waals surface area contributed by atoms with Crippen LogP contribution in [-0.4, -0.2) is 37.1 Å². The second kappa shape index (κ2) is 3.00. The highest BCUT2D eigenvalue weighted by Gasteiger charge is 2.38. The second-order valence-corrected chi connectivity index (χ2v) is 4.75. The van der Waals surface area contributed by atoms with Gasteiger partial charge in [-0.25, -0.2) is 0 Å². The zero-order valence-corrected chi connectivity index (χ0v) is 8.38. The van der Waals surface area contributed by atoms with Crippen LogP contribution in [-0.2, 0) is 0 Å². The highest BCUT2D eigenvalue weighted by molar-refractivity contribution is 4.94. The van der Waals surface area contributed by atoms with Gasteiger partial charge in [0.2, 0.25) is 0 Å². The Bertz CT molecular complexity index is 163. The van der Waals surface area contributed by atoms with E-state index >= 15 is 0 Å². The summed E-state index contributed by atoms with van der Waals surface area (Å²) in [7, 11) is 2.18. The van der Waals surface area contributed by atoms with Crippen molar-refractivity contribution in [2.75, 3.05) is 20.1 Å². The molecule has 3 atom stereocenters. The summed E-state index contributed by atoms with van der Waals surface area (Å²) in [6.07, 6.45) is 1.44. The van der Waals surface area contributed by atoms with Gasteiger partial charge in [0.15, 0.2) is 0 Å². The quantitative estimate of drug-likeness (QED) is 0.674. The van der Waals surface area contributed by atoms with Crippen molar-refractivity contribution in [2.24, 2.45) is 11.8 Å². The summed E-state index contributed by atoms with van der Waals surface area (Å²) in [5.74, 6) is 1.95. The van der Waals surface area contributed by atoms with Crippen LogP contribution in [0.25, 0.3) is 0 Å². The number of likely N-dealkylation sites (N-methyl/N-ethyl adjacent to an activating group) is 1. The maximum absolute atomic E-state index is 3.70. The lowest BCUT2D eigenvalue weighted by Crippen LogP contribution is -2.58. The third kappa shape index (κ3) is 1.64. The first-order chi connectivity index (χ1) is 5.66. The Kier molecular flexibility index (Phi) is 2.13. The molecule has 0 radical (unpaired) electrons. The van der Waals surface area contributed by atoms with Crippen molar-refractivity contribution in [1.29, 1.82) is 0 Å². The highest BCUT2D eigenvalue weighted by Crippen LogP contribution is 2.40. The summed E-state index contributed by atoms with van der Waals surface area (Å²) in [5, 5.41) is 3.70. The summed E-state index contributed by atoms with van der Waals surface area (Å²) in [4.78, 5) is 2.36. The van der Waals surface area contributed by atoms with Gasteiger partial charge in [-0.1, -0.05) is 6.92 Å². The molecule has 2 fully saturated rings. The van der Waals surface area contributed by atoms with Crippen molar-refractivity contribution in [2.45, 2.75) is 32.4 Å². The third-order valence-electron chi connectivity index (χ3n) is 3.38. The minimum atomic E-state index is 0.749. The first-order valence-corrected chi connectivity index (χ1v) is 5.11. The minimum Gasteiger partial charge on any atom is -0.309 e. The molecule has 1 N–H and O–H groups in total. The number of hydrogen-bond acceptors (Lipinski definition) is 2. The Hall–Kier alpha value is -0.0800. The molecular formula is C10H20N2. The van der Waals surface area contributed by atoms with Crippen LogP contribution < -0.4 is 5.32 Å². The second-order valence-electron chi connectivity index (χ2n) is 4.75. The molecule has 0 spiro atoms. The number of nitrogens with one attached hydrogen (secondary N) is 1. The Morgan fingerprint density at radius 2 is 2.00 bits per heavy atom. The Labute approximate surface area is 75.3 Å². The SMILES string of the molecule is CC1CC1C(C)NC1CN(C)C1. The van der Waals surface area contributed by atoms with E-state index in [0.29, 0.717) is 0 Å². The smallest absolute Gasteiger partial charge is 0.0324 e. The minimum absolute atomic E-state index is 0.749. The normalized spacial score (nSPS) is 39.2. The van der Waals surface area contributed by atoms with Crippen LogP contribution in [0, 0.1) is 11.8 Å². The molecule has 12 heavy (non-hydrogen) atoms. The maximum Gasteiger partial charge on any atom is 0.0324 e. The van der Waals surface area contributed by atoms with Crippen molar-refractivity contribution in [3.05, 3.63) is 0 Å². The van der Waals surface area contributed by atoms with E-state index in [0.717, 1.165) is 23.9 Å². The van der Waals surface area contributed by atoms with Crippen molar-refractivity contribution in [3.8, 4) is 0 Å². The number of hydrogen-bond donors (Lipinski definition) is 1. The van der Waals surface area contributed by atoms with Crippen molar-refractivity contribution >= 4 is 0 Å². The largest absolute Gasteiger partial charge is 0.309 e. The van der Waals surface area contributed by atoms with Gasteiger partial charge in [0, 0.05) is 25.2 Å². The Morgan fingerprint density at radius 1 is 1.42 bits per heavy atom. The van der Waals surface area contributed by atoms with E-state index in [2.05, 4.69) is 31.1 Å². The molecule has 1 saturated carbocycles. The molecule has 2 rings (SSSR count). The van der Waals surface area contributed by atoms with Crippen molar-refractivity contribution < 1.29 is 0 Å². The number of rotatable bonds is 3. The molecule has 2 aliphatic rings. The lowest BCUT2D eigenvalue weighted by atomic mass is 10.1. The van der Waals surface area contributed by atoms with Gasteiger partial charge in [-0.2, -0.15) is 0 Å². The highest BCUT2D eigenvalue weighted by atomic mass is 15.2. The van der Waals surface area contributed by atoms with Crippen LogP contribution in [0.1, 0.15) is 20.3 Å². The van der Waals surface area contributed by atoms with Crippen LogP contribution in [0.5, 0.6) is 0 Å². The molecule has 1 saturated heterocycles. The lowest BCUT2D eigenvalue weighted by molar-refractivity contribution is 0.149. The molecule has 70 valence electrons. The van der Waals surface area contributed by atoms with E-state index in [4.69, 9.17) is 0 Å². The Morgan fingerprint density at radius 3 is 2.42 bits per heavy atom. The summed E-state index contributed by atoms with van der Waals surface area (Å²) < 4.78 is 0. The van der Waals surface area contributed by atoms with E-state index in [1.807, 2.05) is 0 Å². The molecule has 2 nitrogen and oxygen atoms in total. The van der Waals surface area contributed by atoms with Gasteiger partial charge in [0.25, 0.3) is 0 Å². The Balaban J connectivity index is 1.66. The zero-order chi connectivity index (χ0) is 8.72. The molecular weight excluding hydrogens is 148 g/mol. The van der Waals surface area contributed by atoms with Crippen molar-refractivity contribution in [3.63, 3.8) is 0 Å². The summed E-state index contributed by atoms with van der Waals surface area (Å²) >= 11 is 0. The van der Waals surface area contributed by atoms with E-state index in [-0.39, 0.29) is 0 Å². The van der Waals surface area contributed by atoms with Gasteiger partial charge in [-0.3, -0.25) is 0 Å². The summed E-state index contributed by atoms with van der Waals surface area (Å²) in [6.45, 7) is 7.18. The molecule has 0 aromatic carbocycles. The molecule has 0 aromatic rings. The third-order valence-corrected chi connectivity index (χ3v) is 3.38. The van der Waals surface area contributed by atoms with Gasteiger partial charge >= 0.3 is 0 Å². The van der Waals surface area contributed by atoms with Crippen LogP contribution in [0.2, 0.25) is 0 Å². The van der Waals surface area contributed by atoms with Gasteiger partial charge in [-0.05, 0) is 32.2 Å². The molecule has 3 unspecified atom stereocenters. The van der Waals surface area contributed by atoms with Gasteiger partial charge in [-0.15, -0.1) is 0 Å². The monoisotopic (exact) mass is 168 g/mol. The number of likely N-dealkylation sites (tertiary alicyclic amines) is 1. The molecule has 1 aliphatic carbocycles. The predicted molar refractivity (Wildman–Crippen MR) is 51.2 cm³/mol. The fourth-order valence-electron chi connectivity index (χ4n) is 2.35. The van der Waals surface area contributed by atoms with Crippen molar-refractivity contribution in [1.82, 2.24) is 10.2 Å². The molecule has 1 heterocycles. The topological polar surface area (TPSA) is 15.3 Å². The van der Waals surface area contributed by atoms with E-state index < -0.39 is 0 Å². The first-order valence-electron chi connectivity index (χ1n) is 5.11. The molecule has 0 amide bonds. The van der Waals surface area contributed by atoms with Crippen LogP contribution in [0.4, 0.5) is 0 Å². The average molecular weight is 168 g/mol. The van der Waals surface area contributed by atoms with Crippen LogP contribution in [0.15, 0.2) is 0 Å². The standard InChI is InChI=1S/C10H20N2/c1-7-4-10(7)8(2)11-9-5-12(3)6-9/h7-11H,4-6H2,1-3H3. The summed E-state index contributed by atoms with van der Waals surface area (Å²) in [6, 6.07) is 1.52. The maximum atomic E-state index is 3.70. The van der Waals surface area contributed by atoms with E-state index in [1.54, 1.807) is 0 Å². The predicted octanol–water partition coefficient (Wildman–Crippen LogP) is 0.934. The lowest BCUT2D eigenvalue weighted by Gasteiger charge is -2.38. The fraction of sp³-hybridized carbons (Fsp3) is 1.00. The number of nitrogens with zero attached hydrogens (tertiary/aromatic N) is 1. The van der Waals surface area contributed by atoms with E-state index in [9.17, 15) is 0 Å². The van der Waals surface area contributed by atoms with Gasteiger partial charge in [0.05, 0.1) is 0 Å². The molecule has 2 heteroatoms. The van der Waals surface area contributed by atoms with Gasteiger partial charge < -0.3 is 10.2 Å². The molecule has 0 aromatic heterocycles. The zero-order valence-electron chi connectivity index (χ0n) is 8.38. The van der Waals surface area contributed by atoms with Crippen LogP contribution >= 0.6 is 0 Å². The van der Waals surface area contributed by atoms with E-state index in [1.165, 1.54) is 19.5 Å². The molecule has 0 bridgehead atoms. The molecule has 1 aliphatic heterocycles. The average Bonchev–Trinajstić information content (AvgIpc) is 2.63. The first kappa shape index (κ1) is 8.52. The fourth-order valence-corrected chi connectivity index (χ4v) is 2.35. The van der Waals surface area contributed by atoms with Gasteiger partial charge in [0.1, 0.15) is 0 Å². The summed E-state index contributed by atoms with van der Waals surface area (Å²) in [5.41, 5.74) is 0. The van der Waals surface area contributed by atoms with Crippen LogP contribution in [0.3, 0.4) is 0 Å².